The van der Waals surface area contributed by atoms with E-state index in [2.05, 4.69) is 39.3 Å². The lowest BCUT2D eigenvalue weighted by molar-refractivity contribution is -0.134. The Bertz CT molecular complexity index is 771. The van der Waals surface area contributed by atoms with Crippen LogP contribution in [0, 0.1) is 5.41 Å². The number of amides is 1. The van der Waals surface area contributed by atoms with Crippen LogP contribution in [0.5, 0.6) is 0 Å². The molecule has 0 bridgehead atoms. The third-order valence-electron chi connectivity index (χ3n) is 5.33. The Kier molecular flexibility index (Phi) is 8.10. The Balaban J connectivity index is 0.00000392. The Hall–Kier alpha value is -1.15. The summed E-state index contributed by atoms with van der Waals surface area (Å²) in [6.07, 6.45) is 0.912. The molecule has 8 heteroatoms. The molecule has 1 aromatic rings. The molecule has 1 amide bonds. The molecule has 160 valence electrons. The molecule has 0 aliphatic carbocycles. The number of carbonyl (C=O) groups excluding carboxylic acids is 1. The molecule has 1 fully saturated rings. The summed E-state index contributed by atoms with van der Waals surface area (Å²) >= 11 is 0. The summed E-state index contributed by atoms with van der Waals surface area (Å²) in [4.78, 5) is 14.4. The van der Waals surface area contributed by atoms with Gasteiger partial charge in [0.15, 0.2) is 0 Å². The molecule has 28 heavy (non-hydrogen) atoms. The van der Waals surface area contributed by atoms with Crippen molar-refractivity contribution in [1.82, 2.24) is 9.62 Å². The summed E-state index contributed by atoms with van der Waals surface area (Å²) in [6, 6.07) is 6.96. The van der Waals surface area contributed by atoms with E-state index in [4.69, 9.17) is 5.73 Å². The van der Waals surface area contributed by atoms with Crippen molar-refractivity contribution in [3.63, 3.8) is 0 Å². The largest absolute Gasteiger partial charge is 0.342 e. The zero-order valence-corrected chi connectivity index (χ0v) is 19.1. The molecule has 1 aromatic carbocycles. The molecule has 6 nitrogen and oxygen atoms in total. The standard InChI is InChI=1S/C20H33N3O3S.ClH/c1-19(2,3)15-6-8-16(9-7-15)27(25,26)22-12-10-18(24)23-13-11-17(21)20(4,5)14-23;/h6-9,17,22H,10-14,21H2,1-5H3;1H. The van der Waals surface area contributed by atoms with E-state index in [1.807, 2.05) is 12.1 Å². The van der Waals surface area contributed by atoms with Gasteiger partial charge in [-0.3, -0.25) is 4.79 Å². The summed E-state index contributed by atoms with van der Waals surface area (Å²) in [6.45, 7) is 11.7. The Morgan fingerprint density at radius 2 is 1.82 bits per heavy atom. The van der Waals surface area contributed by atoms with Gasteiger partial charge in [-0.2, -0.15) is 0 Å². The number of piperidine rings is 1. The van der Waals surface area contributed by atoms with Crippen molar-refractivity contribution in [2.75, 3.05) is 19.6 Å². The SMILES string of the molecule is CC(C)(C)c1ccc(S(=O)(=O)NCCC(=O)N2CCC(N)C(C)(C)C2)cc1.Cl. The van der Waals surface area contributed by atoms with Crippen LogP contribution in [0.25, 0.3) is 0 Å². The second-order valence-corrected chi connectivity index (χ2v) is 10.9. The van der Waals surface area contributed by atoms with Crippen LogP contribution < -0.4 is 10.5 Å². The summed E-state index contributed by atoms with van der Waals surface area (Å²) in [5.41, 5.74) is 7.02. The van der Waals surface area contributed by atoms with Gasteiger partial charge in [-0.05, 0) is 34.9 Å². The van der Waals surface area contributed by atoms with E-state index in [1.165, 1.54) is 0 Å². The average molecular weight is 432 g/mol. The molecule has 1 atom stereocenters. The fourth-order valence-electron chi connectivity index (χ4n) is 3.25. The highest BCUT2D eigenvalue weighted by molar-refractivity contribution is 7.89. The molecular weight excluding hydrogens is 398 g/mol. The number of halogens is 1. The van der Waals surface area contributed by atoms with Gasteiger partial charge in [0, 0.05) is 32.1 Å². The molecule has 0 radical (unpaired) electrons. The van der Waals surface area contributed by atoms with Crippen molar-refractivity contribution in [1.29, 1.82) is 0 Å². The van der Waals surface area contributed by atoms with Gasteiger partial charge in [0.1, 0.15) is 0 Å². The van der Waals surface area contributed by atoms with Gasteiger partial charge in [-0.25, -0.2) is 13.1 Å². The van der Waals surface area contributed by atoms with E-state index in [1.54, 1.807) is 17.0 Å². The number of likely N-dealkylation sites (tertiary alicyclic amines) is 1. The topological polar surface area (TPSA) is 92.5 Å². The van der Waals surface area contributed by atoms with E-state index >= 15 is 0 Å². The van der Waals surface area contributed by atoms with Gasteiger partial charge in [-0.15, -0.1) is 12.4 Å². The molecule has 0 aromatic heterocycles. The number of hydrogen-bond donors (Lipinski definition) is 2. The summed E-state index contributed by atoms with van der Waals surface area (Å²) in [5.74, 6) is -0.0410. The first-order chi connectivity index (χ1) is 12.3. The first-order valence-corrected chi connectivity index (χ1v) is 10.9. The van der Waals surface area contributed by atoms with Crippen LogP contribution in [-0.4, -0.2) is 44.9 Å². The Labute approximate surface area is 175 Å². The third kappa shape index (κ3) is 6.17. The van der Waals surface area contributed by atoms with Crippen LogP contribution in [0.2, 0.25) is 0 Å². The molecule has 1 aliphatic heterocycles. The monoisotopic (exact) mass is 431 g/mol. The number of nitrogens with two attached hydrogens (primary N) is 1. The van der Waals surface area contributed by atoms with Crippen LogP contribution >= 0.6 is 12.4 Å². The van der Waals surface area contributed by atoms with Gasteiger partial charge in [0.2, 0.25) is 15.9 Å². The lowest BCUT2D eigenvalue weighted by atomic mass is 9.79. The van der Waals surface area contributed by atoms with Gasteiger partial charge in [0.05, 0.1) is 4.90 Å². The molecule has 1 unspecified atom stereocenters. The van der Waals surface area contributed by atoms with Crippen LogP contribution in [0.3, 0.4) is 0 Å². The maximum Gasteiger partial charge on any atom is 0.240 e. The number of carbonyl (C=O) groups is 1. The lowest BCUT2D eigenvalue weighted by Gasteiger charge is -2.42. The molecule has 1 aliphatic rings. The lowest BCUT2D eigenvalue weighted by Crippen LogP contribution is -2.54. The molecule has 0 spiro atoms. The molecule has 2 rings (SSSR count). The predicted octanol–water partition coefficient (Wildman–Crippen LogP) is 2.66. The quantitative estimate of drug-likeness (QED) is 0.749. The fourth-order valence-corrected chi connectivity index (χ4v) is 4.29. The van der Waals surface area contributed by atoms with Crippen LogP contribution in [0.1, 0.15) is 53.0 Å². The fraction of sp³-hybridized carbons (Fsp3) is 0.650. The van der Waals surface area contributed by atoms with E-state index in [0.717, 1.165) is 12.0 Å². The Morgan fingerprint density at radius 3 is 2.32 bits per heavy atom. The van der Waals surface area contributed by atoms with Crippen molar-refractivity contribution in [3.8, 4) is 0 Å². The van der Waals surface area contributed by atoms with Crippen molar-refractivity contribution in [2.45, 2.75) is 63.8 Å². The first kappa shape index (κ1) is 24.9. The number of nitrogens with one attached hydrogen (secondary N) is 1. The number of benzene rings is 1. The minimum Gasteiger partial charge on any atom is -0.342 e. The van der Waals surface area contributed by atoms with E-state index < -0.39 is 10.0 Å². The van der Waals surface area contributed by atoms with Gasteiger partial charge >= 0.3 is 0 Å². The van der Waals surface area contributed by atoms with Crippen molar-refractivity contribution in [3.05, 3.63) is 29.8 Å². The number of sulfonamides is 1. The normalized spacial score (nSPS) is 19.8. The molecule has 1 heterocycles. The predicted molar refractivity (Wildman–Crippen MR) is 115 cm³/mol. The van der Waals surface area contributed by atoms with Gasteiger partial charge < -0.3 is 10.6 Å². The minimum absolute atomic E-state index is 0. The van der Waals surface area contributed by atoms with Crippen LogP contribution in [0.15, 0.2) is 29.2 Å². The van der Waals surface area contributed by atoms with Crippen molar-refractivity contribution < 1.29 is 13.2 Å². The summed E-state index contributed by atoms with van der Waals surface area (Å²) in [7, 11) is -3.62. The van der Waals surface area contributed by atoms with E-state index in [0.29, 0.717) is 13.1 Å². The summed E-state index contributed by atoms with van der Waals surface area (Å²) < 4.78 is 27.4. The van der Waals surface area contributed by atoms with Gasteiger partial charge in [0.25, 0.3) is 0 Å². The molecule has 0 saturated carbocycles. The smallest absolute Gasteiger partial charge is 0.240 e. The summed E-state index contributed by atoms with van der Waals surface area (Å²) in [5, 5.41) is 0. The van der Waals surface area contributed by atoms with E-state index in [9.17, 15) is 13.2 Å². The maximum absolute atomic E-state index is 12.4. The minimum atomic E-state index is -3.62. The van der Waals surface area contributed by atoms with Crippen LogP contribution in [-0.2, 0) is 20.2 Å². The number of nitrogens with zero attached hydrogens (tertiary/aromatic N) is 1. The highest BCUT2D eigenvalue weighted by atomic mass is 35.5. The highest BCUT2D eigenvalue weighted by Crippen LogP contribution is 2.28. The molecular formula is C20H34ClN3O3S. The third-order valence-corrected chi connectivity index (χ3v) is 6.80. The van der Waals surface area contributed by atoms with Crippen molar-refractivity contribution in [2.24, 2.45) is 11.1 Å². The second-order valence-electron chi connectivity index (χ2n) is 9.12. The average Bonchev–Trinajstić information content (AvgIpc) is 2.56. The number of hydrogen-bond acceptors (Lipinski definition) is 4. The maximum atomic E-state index is 12.4. The van der Waals surface area contributed by atoms with Crippen LogP contribution in [0.4, 0.5) is 0 Å². The van der Waals surface area contributed by atoms with E-state index in [-0.39, 0.29) is 53.0 Å². The highest BCUT2D eigenvalue weighted by Gasteiger charge is 2.35. The van der Waals surface area contributed by atoms with Gasteiger partial charge in [-0.1, -0.05) is 46.8 Å². The second kappa shape index (κ2) is 9.11. The Morgan fingerprint density at radius 1 is 1.25 bits per heavy atom. The number of rotatable bonds is 5. The first-order valence-electron chi connectivity index (χ1n) is 9.46. The molecule has 3 N–H and O–H groups in total. The van der Waals surface area contributed by atoms with Crippen molar-refractivity contribution >= 4 is 28.3 Å². The molecule has 1 saturated heterocycles. The zero-order chi connectivity index (χ0) is 20.5. The zero-order valence-electron chi connectivity index (χ0n) is 17.5.